The molecular weight excluding hydrogens is 310 g/mol. The van der Waals surface area contributed by atoms with Crippen LogP contribution in [0.25, 0.3) is 0 Å². The van der Waals surface area contributed by atoms with E-state index in [0.29, 0.717) is 0 Å². The molecule has 0 radical (unpaired) electrons. The minimum absolute atomic E-state index is 0.0850. The lowest BCUT2D eigenvalue weighted by Gasteiger charge is -2.27. The predicted octanol–water partition coefficient (Wildman–Crippen LogP) is 5.23. The molecule has 1 atom stereocenters. The SMILES string of the molecule is CCCCC(CC)COCCCNC(C)(C)Cc1ccc(OC)cc1. The molecule has 1 aromatic carbocycles. The molecule has 0 saturated carbocycles. The van der Waals surface area contributed by atoms with Crippen molar-refractivity contribution in [2.24, 2.45) is 5.92 Å². The van der Waals surface area contributed by atoms with E-state index in [0.717, 1.165) is 44.3 Å². The maximum Gasteiger partial charge on any atom is 0.118 e. The minimum Gasteiger partial charge on any atom is -0.497 e. The van der Waals surface area contributed by atoms with E-state index in [2.05, 4.69) is 45.1 Å². The average Bonchev–Trinajstić information content (AvgIpc) is 2.60. The van der Waals surface area contributed by atoms with E-state index in [-0.39, 0.29) is 5.54 Å². The zero-order valence-corrected chi connectivity index (χ0v) is 17.1. The Balaban J connectivity index is 2.18. The molecule has 0 amide bonds. The Hall–Kier alpha value is -1.06. The Morgan fingerprint density at radius 1 is 1.08 bits per heavy atom. The smallest absolute Gasteiger partial charge is 0.118 e. The summed E-state index contributed by atoms with van der Waals surface area (Å²) in [5, 5.41) is 3.66. The molecule has 3 nitrogen and oxygen atoms in total. The number of benzene rings is 1. The van der Waals surface area contributed by atoms with Gasteiger partial charge >= 0.3 is 0 Å². The first-order chi connectivity index (χ1) is 12.0. The predicted molar refractivity (Wildman–Crippen MR) is 108 cm³/mol. The second-order valence-corrected chi connectivity index (χ2v) is 7.68. The first-order valence-electron chi connectivity index (χ1n) is 9.96. The molecule has 0 aliphatic heterocycles. The van der Waals surface area contributed by atoms with E-state index in [1.54, 1.807) is 7.11 Å². The zero-order valence-electron chi connectivity index (χ0n) is 17.1. The van der Waals surface area contributed by atoms with Crippen LogP contribution in [0.5, 0.6) is 5.75 Å². The fourth-order valence-corrected chi connectivity index (χ4v) is 3.07. The van der Waals surface area contributed by atoms with Crippen molar-refractivity contribution in [1.82, 2.24) is 5.32 Å². The molecule has 1 unspecified atom stereocenters. The van der Waals surface area contributed by atoms with E-state index in [1.165, 1.54) is 31.2 Å². The van der Waals surface area contributed by atoms with Crippen molar-refractivity contribution in [1.29, 1.82) is 0 Å². The van der Waals surface area contributed by atoms with Crippen LogP contribution in [0.15, 0.2) is 24.3 Å². The molecule has 0 aliphatic rings. The Labute approximate surface area is 155 Å². The van der Waals surface area contributed by atoms with Crippen LogP contribution in [0.4, 0.5) is 0 Å². The minimum atomic E-state index is 0.0850. The molecule has 1 N–H and O–H groups in total. The molecule has 0 saturated heterocycles. The Kier molecular flexibility index (Phi) is 10.8. The molecule has 3 heteroatoms. The van der Waals surface area contributed by atoms with Crippen molar-refractivity contribution in [3.63, 3.8) is 0 Å². The van der Waals surface area contributed by atoms with Gasteiger partial charge in [-0.05, 0) is 63.3 Å². The van der Waals surface area contributed by atoms with Crippen molar-refractivity contribution in [3.05, 3.63) is 29.8 Å². The molecule has 144 valence electrons. The first kappa shape index (κ1) is 22.0. The van der Waals surface area contributed by atoms with Gasteiger partial charge in [0.15, 0.2) is 0 Å². The summed E-state index contributed by atoms with van der Waals surface area (Å²) in [6, 6.07) is 8.35. The monoisotopic (exact) mass is 349 g/mol. The summed E-state index contributed by atoms with van der Waals surface area (Å²) in [6.45, 7) is 11.8. The summed E-state index contributed by atoms with van der Waals surface area (Å²) >= 11 is 0. The van der Waals surface area contributed by atoms with E-state index < -0.39 is 0 Å². The third-order valence-corrected chi connectivity index (χ3v) is 4.77. The number of methoxy groups -OCH3 is 1. The maximum atomic E-state index is 5.89. The van der Waals surface area contributed by atoms with Gasteiger partial charge in [-0.25, -0.2) is 0 Å². The topological polar surface area (TPSA) is 30.5 Å². The quantitative estimate of drug-likeness (QED) is 0.467. The molecule has 0 fully saturated rings. The van der Waals surface area contributed by atoms with Crippen LogP contribution in [0.2, 0.25) is 0 Å². The van der Waals surface area contributed by atoms with Gasteiger partial charge in [-0.2, -0.15) is 0 Å². The molecule has 0 bridgehead atoms. The van der Waals surface area contributed by atoms with E-state index in [4.69, 9.17) is 9.47 Å². The number of unbranched alkanes of at least 4 members (excludes halogenated alkanes) is 1. The summed E-state index contributed by atoms with van der Waals surface area (Å²) in [5.41, 5.74) is 1.41. The second kappa shape index (κ2) is 12.3. The molecule has 1 aromatic rings. The van der Waals surface area contributed by atoms with Crippen LogP contribution in [-0.4, -0.2) is 32.4 Å². The van der Waals surface area contributed by atoms with E-state index in [9.17, 15) is 0 Å². The van der Waals surface area contributed by atoms with Crippen LogP contribution < -0.4 is 10.1 Å². The normalized spacial score (nSPS) is 13.0. The second-order valence-electron chi connectivity index (χ2n) is 7.68. The fourth-order valence-electron chi connectivity index (χ4n) is 3.07. The molecular formula is C22H39NO2. The summed E-state index contributed by atoms with van der Waals surface area (Å²) < 4.78 is 11.1. The molecule has 0 aromatic heterocycles. The highest BCUT2D eigenvalue weighted by Gasteiger charge is 2.17. The summed E-state index contributed by atoms with van der Waals surface area (Å²) in [4.78, 5) is 0. The lowest BCUT2D eigenvalue weighted by atomic mass is 9.95. The maximum absolute atomic E-state index is 5.89. The van der Waals surface area contributed by atoms with Crippen molar-refractivity contribution < 1.29 is 9.47 Å². The van der Waals surface area contributed by atoms with Crippen LogP contribution >= 0.6 is 0 Å². The van der Waals surface area contributed by atoms with Gasteiger partial charge in [0.2, 0.25) is 0 Å². The lowest BCUT2D eigenvalue weighted by Crippen LogP contribution is -2.42. The fraction of sp³-hybridized carbons (Fsp3) is 0.727. The number of ether oxygens (including phenoxy) is 2. The molecule has 1 rings (SSSR count). The number of hydrogen-bond donors (Lipinski definition) is 1. The first-order valence-corrected chi connectivity index (χ1v) is 9.96. The largest absolute Gasteiger partial charge is 0.497 e. The van der Waals surface area contributed by atoms with E-state index >= 15 is 0 Å². The molecule has 25 heavy (non-hydrogen) atoms. The highest BCUT2D eigenvalue weighted by molar-refractivity contribution is 5.28. The van der Waals surface area contributed by atoms with Crippen molar-refractivity contribution in [2.75, 3.05) is 26.9 Å². The summed E-state index contributed by atoms with van der Waals surface area (Å²) in [6.07, 6.45) is 7.21. The van der Waals surface area contributed by atoms with Crippen molar-refractivity contribution in [2.45, 2.75) is 71.8 Å². The Morgan fingerprint density at radius 2 is 1.80 bits per heavy atom. The molecule has 0 spiro atoms. The highest BCUT2D eigenvalue weighted by atomic mass is 16.5. The van der Waals surface area contributed by atoms with Crippen molar-refractivity contribution in [3.8, 4) is 5.75 Å². The van der Waals surface area contributed by atoms with Gasteiger partial charge in [0, 0.05) is 18.8 Å². The number of nitrogens with one attached hydrogen (secondary N) is 1. The van der Waals surface area contributed by atoms with Crippen LogP contribution in [-0.2, 0) is 11.2 Å². The van der Waals surface area contributed by atoms with E-state index in [1.807, 2.05) is 12.1 Å². The van der Waals surface area contributed by atoms with Crippen molar-refractivity contribution >= 4 is 0 Å². The molecule has 0 heterocycles. The third kappa shape index (κ3) is 9.86. The average molecular weight is 350 g/mol. The number of rotatable bonds is 14. The van der Waals surface area contributed by atoms with Gasteiger partial charge in [0.05, 0.1) is 7.11 Å². The summed E-state index contributed by atoms with van der Waals surface area (Å²) in [7, 11) is 1.70. The molecule has 0 aliphatic carbocycles. The highest BCUT2D eigenvalue weighted by Crippen LogP contribution is 2.17. The van der Waals surface area contributed by atoms with Crippen LogP contribution in [0, 0.1) is 5.92 Å². The Morgan fingerprint density at radius 3 is 2.40 bits per heavy atom. The summed E-state index contributed by atoms with van der Waals surface area (Å²) in [5.74, 6) is 1.65. The third-order valence-electron chi connectivity index (χ3n) is 4.77. The van der Waals surface area contributed by atoms with Gasteiger partial charge in [-0.15, -0.1) is 0 Å². The van der Waals surface area contributed by atoms with Gasteiger partial charge in [0.25, 0.3) is 0 Å². The van der Waals surface area contributed by atoms with Gasteiger partial charge < -0.3 is 14.8 Å². The van der Waals surface area contributed by atoms with Gasteiger partial charge in [-0.3, -0.25) is 0 Å². The van der Waals surface area contributed by atoms with Gasteiger partial charge in [-0.1, -0.05) is 45.2 Å². The van der Waals surface area contributed by atoms with Crippen LogP contribution in [0.1, 0.15) is 65.4 Å². The lowest BCUT2D eigenvalue weighted by molar-refractivity contribution is 0.0911. The zero-order chi connectivity index (χ0) is 18.5. The standard InChI is InChI=1S/C22H39NO2/c1-6-8-10-19(7-2)18-25-16-9-15-23-22(3,4)17-20-11-13-21(24-5)14-12-20/h11-14,19,23H,6-10,15-18H2,1-5H3. The van der Waals surface area contributed by atoms with Crippen LogP contribution in [0.3, 0.4) is 0 Å². The van der Waals surface area contributed by atoms with Gasteiger partial charge in [0.1, 0.15) is 5.75 Å². The Bertz CT molecular complexity index is 442. The number of hydrogen-bond acceptors (Lipinski definition) is 3.